The zero-order valence-electron chi connectivity index (χ0n) is 7.24. The maximum absolute atomic E-state index is 9.52. The molecule has 1 aliphatic carbocycles. The number of aromatic amines is 1. The van der Waals surface area contributed by atoms with Crippen LogP contribution in [0.4, 0.5) is 0 Å². The smallest absolute Gasteiger partial charge is 0.199 e. The molecule has 3 N–H and O–H groups in total. The van der Waals surface area contributed by atoms with Crippen molar-refractivity contribution in [3.05, 3.63) is 17.2 Å². The first-order valence-electron chi connectivity index (χ1n) is 4.07. The molecule has 0 spiro atoms. The molecular formula is C9H11NO2S. The molecule has 0 bridgehead atoms. The van der Waals surface area contributed by atoms with Crippen molar-refractivity contribution in [2.45, 2.75) is 11.7 Å². The van der Waals surface area contributed by atoms with Crippen molar-refractivity contribution in [2.75, 3.05) is 6.26 Å². The minimum absolute atomic E-state index is 0.0579. The number of rotatable bonds is 1. The number of fused-ring (bicyclic) bond motifs is 1. The van der Waals surface area contributed by atoms with Gasteiger partial charge in [-0.15, -0.1) is 0 Å². The zero-order chi connectivity index (χ0) is 9.42. The van der Waals surface area contributed by atoms with Gasteiger partial charge in [0.2, 0.25) is 0 Å². The van der Waals surface area contributed by atoms with Crippen LogP contribution in [-0.4, -0.2) is 21.5 Å². The van der Waals surface area contributed by atoms with E-state index in [0.717, 1.165) is 17.5 Å². The van der Waals surface area contributed by atoms with Crippen LogP contribution in [0.15, 0.2) is 6.08 Å². The fraction of sp³-hybridized carbons (Fsp3) is 0.333. The van der Waals surface area contributed by atoms with E-state index in [1.54, 1.807) is 11.8 Å². The molecule has 3 nitrogen and oxygen atoms in total. The molecule has 1 heterocycles. The maximum Gasteiger partial charge on any atom is 0.199 e. The highest BCUT2D eigenvalue weighted by molar-refractivity contribution is 7.98. The largest absolute Gasteiger partial charge is 0.494 e. The van der Waals surface area contributed by atoms with E-state index >= 15 is 0 Å². The monoisotopic (exact) mass is 197 g/mol. The molecular weight excluding hydrogens is 186 g/mol. The number of thioether (sulfide) groups is 1. The Labute approximate surface area is 80.5 Å². The molecule has 1 unspecified atom stereocenters. The molecule has 4 heteroatoms. The fourth-order valence-electron chi connectivity index (χ4n) is 1.64. The highest BCUT2D eigenvalue weighted by Gasteiger charge is 2.24. The van der Waals surface area contributed by atoms with Crippen LogP contribution >= 0.6 is 11.8 Å². The highest BCUT2D eigenvalue weighted by Crippen LogP contribution is 2.44. The van der Waals surface area contributed by atoms with E-state index in [4.69, 9.17) is 0 Å². The third-order valence-electron chi connectivity index (χ3n) is 2.28. The van der Waals surface area contributed by atoms with Crippen LogP contribution in [-0.2, 0) is 0 Å². The molecule has 0 aliphatic heterocycles. The summed E-state index contributed by atoms with van der Waals surface area (Å²) in [5, 5.41) is 19.2. The van der Waals surface area contributed by atoms with Gasteiger partial charge in [0.15, 0.2) is 11.8 Å². The minimum atomic E-state index is 0.0579. The molecule has 0 fully saturated rings. The molecule has 0 saturated carbocycles. The van der Waals surface area contributed by atoms with Crippen LogP contribution in [0, 0.1) is 0 Å². The summed E-state index contributed by atoms with van der Waals surface area (Å²) in [7, 11) is 0. The van der Waals surface area contributed by atoms with Gasteiger partial charge in [-0.25, -0.2) is 0 Å². The molecule has 0 saturated heterocycles. The molecule has 0 amide bonds. The summed E-state index contributed by atoms with van der Waals surface area (Å²) < 4.78 is 0. The molecule has 70 valence electrons. The molecule has 0 aromatic carbocycles. The van der Waals surface area contributed by atoms with Gasteiger partial charge >= 0.3 is 0 Å². The molecule has 0 radical (unpaired) electrons. The van der Waals surface area contributed by atoms with Gasteiger partial charge < -0.3 is 10.2 Å². The maximum atomic E-state index is 9.52. The first kappa shape index (κ1) is 8.56. The Balaban J connectivity index is 2.56. The Morgan fingerprint density at radius 3 is 2.92 bits per heavy atom. The van der Waals surface area contributed by atoms with Crippen LogP contribution in [0.2, 0.25) is 0 Å². The van der Waals surface area contributed by atoms with Crippen LogP contribution in [0.1, 0.15) is 22.8 Å². The van der Waals surface area contributed by atoms with Crippen molar-refractivity contribution in [1.29, 1.82) is 0 Å². The molecule has 13 heavy (non-hydrogen) atoms. The summed E-state index contributed by atoms with van der Waals surface area (Å²) >= 11 is 1.67. The van der Waals surface area contributed by atoms with Gasteiger partial charge in [-0.2, -0.15) is 11.8 Å². The number of H-pyrrole nitrogens is 1. The standard InChI is InChI=1S/C9H11NO2S/c1-13-6-4-2-3-5-7(6)9(12)10-8(5)11/h2-3,6,10-12H,4H2,1H3. The third-order valence-corrected chi connectivity index (χ3v) is 3.28. The molecule has 2 rings (SSSR count). The first-order valence-corrected chi connectivity index (χ1v) is 5.36. The van der Waals surface area contributed by atoms with E-state index < -0.39 is 0 Å². The summed E-state index contributed by atoms with van der Waals surface area (Å²) in [5.74, 6) is 0.152. The topological polar surface area (TPSA) is 56.2 Å². The number of nitrogens with one attached hydrogen (secondary N) is 1. The van der Waals surface area contributed by atoms with Gasteiger partial charge in [0.05, 0.1) is 0 Å². The van der Waals surface area contributed by atoms with Crippen molar-refractivity contribution < 1.29 is 10.2 Å². The summed E-state index contributed by atoms with van der Waals surface area (Å²) in [4.78, 5) is 2.53. The average molecular weight is 197 g/mol. The lowest BCUT2D eigenvalue weighted by Crippen LogP contribution is -1.96. The fourth-order valence-corrected chi connectivity index (χ4v) is 2.42. The second kappa shape index (κ2) is 3.03. The first-order chi connectivity index (χ1) is 6.24. The minimum Gasteiger partial charge on any atom is -0.494 e. The SMILES string of the molecule is CSC1CC=Cc2c(O)[nH]c(O)c21. The van der Waals surface area contributed by atoms with Gasteiger partial charge in [-0.3, -0.25) is 4.98 Å². The van der Waals surface area contributed by atoms with Gasteiger partial charge in [0.1, 0.15) is 0 Å². The van der Waals surface area contributed by atoms with E-state index in [9.17, 15) is 10.2 Å². The Morgan fingerprint density at radius 1 is 1.46 bits per heavy atom. The van der Waals surface area contributed by atoms with Crippen LogP contribution in [0.3, 0.4) is 0 Å². The third kappa shape index (κ3) is 1.21. The number of hydrogen-bond acceptors (Lipinski definition) is 3. The van der Waals surface area contributed by atoms with E-state index in [2.05, 4.69) is 4.98 Å². The summed E-state index contributed by atoms with van der Waals surface area (Å²) in [6, 6.07) is 0. The van der Waals surface area contributed by atoms with Crippen molar-refractivity contribution in [3.8, 4) is 11.8 Å². The Morgan fingerprint density at radius 2 is 2.23 bits per heavy atom. The second-order valence-electron chi connectivity index (χ2n) is 3.01. The van der Waals surface area contributed by atoms with E-state index in [-0.39, 0.29) is 17.0 Å². The predicted octanol–water partition coefficient (Wildman–Crippen LogP) is 2.25. The van der Waals surface area contributed by atoms with E-state index in [1.165, 1.54) is 0 Å². The van der Waals surface area contributed by atoms with Crippen molar-refractivity contribution in [2.24, 2.45) is 0 Å². The second-order valence-corrected chi connectivity index (χ2v) is 4.05. The zero-order valence-corrected chi connectivity index (χ0v) is 8.06. The molecule has 1 aromatic heterocycles. The lowest BCUT2D eigenvalue weighted by Gasteiger charge is -2.16. The number of aromatic nitrogens is 1. The van der Waals surface area contributed by atoms with Crippen molar-refractivity contribution in [1.82, 2.24) is 4.98 Å². The summed E-state index contributed by atoms with van der Waals surface area (Å²) in [6.45, 7) is 0. The van der Waals surface area contributed by atoms with Gasteiger partial charge in [0.25, 0.3) is 0 Å². The van der Waals surface area contributed by atoms with Crippen LogP contribution in [0.25, 0.3) is 6.08 Å². The van der Waals surface area contributed by atoms with E-state index in [1.807, 2.05) is 18.4 Å². The van der Waals surface area contributed by atoms with Gasteiger partial charge in [-0.1, -0.05) is 12.2 Å². The van der Waals surface area contributed by atoms with Crippen molar-refractivity contribution in [3.63, 3.8) is 0 Å². The summed E-state index contributed by atoms with van der Waals surface area (Å²) in [5.41, 5.74) is 1.55. The van der Waals surface area contributed by atoms with Crippen LogP contribution in [0.5, 0.6) is 11.8 Å². The Bertz CT molecular complexity index is 357. The molecule has 1 aromatic rings. The highest BCUT2D eigenvalue weighted by atomic mass is 32.2. The average Bonchev–Trinajstić information content (AvgIpc) is 2.43. The number of allylic oxidation sites excluding steroid dienone is 1. The number of hydrogen-bond donors (Lipinski definition) is 3. The van der Waals surface area contributed by atoms with E-state index in [0.29, 0.717) is 0 Å². The lowest BCUT2D eigenvalue weighted by molar-refractivity contribution is 0.423. The van der Waals surface area contributed by atoms with Crippen LogP contribution < -0.4 is 0 Å². The van der Waals surface area contributed by atoms with Gasteiger partial charge in [0, 0.05) is 16.4 Å². The Kier molecular flexibility index (Phi) is 2.00. The quantitative estimate of drug-likeness (QED) is 0.647. The normalized spacial score (nSPS) is 20.2. The molecule has 1 aliphatic rings. The lowest BCUT2D eigenvalue weighted by atomic mass is 10.0. The Hall–Kier alpha value is -1.03. The van der Waals surface area contributed by atoms with Crippen molar-refractivity contribution >= 4 is 17.8 Å². The number of aromatic hydroxyl groups is 2. The van der Waals surface area contributed by atoms with Gasteiger partial charge in [-0.05, 0) is 12.7 Å². The summed E-state index contributed by atoms with van der Waals surface area (Å²) in [6.07, 6.45) is 6.75. The molecule has 1 atom stereocenters. The predicted molar refractivity (Wildman–Crippen MR) is 54.0 cm³/mol.